The topological polar surface area (TPSA) is 52.7 Å². The third kappa shape index (κ3) is 5.19. The highest BCUT2D eigenvalue weighted by Crippen LogP contribution is 2.23. The molecular formula is C12H28ClN3O2S. The molecule has 1 heterocycles. The summed E-state index contributed by atoms with van der Waals surface area (Å²) in [6.07, 6.45) is 3.13. The van der Waals surface area contributed by atoms with Gasteiger partial charge in [-0.1, -0.05) is 13.8 Å². The van der Waals surface area contributed by atoms with Gasteiger partial charge in [-0.25, -0.2) is 0 Å². The summed E-state index contributed by atoms with van der Waals surface area (Å²) in [5.41, 5.74) is 0. The Morgan fingerprint density at radius 2 is 1.74 bits per heavy atom. The number of hydrogen-bond acceptors (Lipinski definition) is 3. The van der Waals surface area contributed by atoms with Crippen molar-refractivity contribution in [1.82, 2.24) is 13.9 Å². The molecule has 1 N–H and O–H groups in total. The molecular weight excluding hydrogens is 286 g/mol. The largest absolute Gasteiger partial charge is 0.320 e. The Kier molecular flexibility index (Phi) is 9.19. The molecule has 7 heteroatoms. The van der Waals surface area contributed by atoms with Gasteiger partial charge in [-0.3, -0.25) is 0 Å². The lowest BCUT2D eigenvalue weighted by Crippen LogP contribution is -2.47. The fraction of sp³-hybridized carbons (Fsp3) is 1.00. The van der Waals surface area contributed by atoms with E-state index in [1.54, 1.807) is 8.61 Å². The zero-order valence-corrected chi connectivity index (χ0v) is 13.9. The fourth-order valence-corrected chi connectivity index (χ4v) is 4.14. The Balaban J connectivity index is 0.00000324. The van der Waals surface area contributed by atoms with E-state index in [2.05, 4.69) is 5.32 Å². The normalized spacial score (nSPS) is 18.5. The smallest absolute Gasteiger partial charge is 0.281 e. The van der Waals surface area contributed by atoms with Gasteiger partial charge in [0.1, 0.15) is 0 Å². The van der Waals surface area contributed by atoms with Crippen molar-refractivity contribution in [3.05, 3.63) is 0 Å². The van der Waals surface area contributed by atoms with Crippen molar-refractivity contribution >= 4 is 22.6 Å². The maximum atomic E-state index is 12.3. The summed E-state index contributed by atoms with van der Waals surface area (Å²) in [6, 6.07) is 0. The van der Waals surface area contributed by atoms with Crippen molar-refractivity contribution in [2.24, 2.45) is 5.92 Å². The molecule has 1 aliphatic rings. The molecule has 0 amide bonds. The number of nitrogens with one attached hydrogen (secondary N) is 1. The van der Waals surface area contributed by atoms with Gasteiger partial charge in [-0.05, 0) is 38.8 Å². The van der Waals surface area contributed by atoms with Crippen molar-refractivity contribution in [3.8, 4) is 0 Å². The Bertz CT molecular complexity index is 326. The first-order chi connectivity index (χ1) is 8.56. The predicted molar refractivity (Wildman–Crippen MR) is 81.9 cm³/mol. The van der Waals surface area contributed by atoms with Gasteiger partial charge in [0.15, 0.2) is 0 Å². The van der Waals surface area contributed by atoms with Crippen LogP contribution in [0.5, 0.6) is 0 Å². The average Bonchev–Trinajstić information content (AvgIpc) is 2.38. The summed E-state index contributed by atoms with van der Waals surface area (Å²) in [5.74, 6) is 0.667. The number of rotatable bonds is 7. The second-order valence-electron chi connectivity index (χ2n) is 4.83. The van der Waals surface area contributed by atoms with Crippen LogP contribution in [0.25, 0.3) is 0 Å². The zero-order valence-electron chi connectivity index (χ0n) is 12.3. The molecule has 1 aliphatic heterocycles. The molecule has 19 heavy (non-hydrogen) atoms. The Morgan fingerprint density at radius 3 is 2.16 bits per heavy atom. The van der Waals surface area contributed by atoms with Gasteiger partial charge in [0.25, 0.3) is 10.2 Å². The van der Waals surface area contributed by atoms with Crippen LogP contribution in [-0.4, -0.2) is 56.8 Å². The van der Waals surface area contributed by atoms with Crippen molar-refractivity contribution < 1.29 is 8.42 Å². The highest BCUT2D eigenvalue weighted by Gasteiger charge is 2.31. The summed E-state index contributed by atoms with van der Waals surface area (Å²) in [7, 11) is -1.26. The Morgan fingerprint density at radius 1 is 1.21 bits per heavy atom. The van der Waals surface area contributed by atoms with Gasteiger partial charge in [0, 0.05) is 26.2 Å². The fourth-order valence-electron chi connectivity index (χ4n) is 2.49. The minimum Gasteiger partial charge on any atom is -0.320 e. The molecule has 0 unspecified atom stereocenters. The van der Waals surface area contributed by atoms with E-state index in [1.807, 2.05) is 20.9 Å². The second-order valence-corrected chi connectivity index (χ2v) is 6.76. The summed E-state index contributed by atoms with van der Waals surface area (Å²) in [6.45, 7) is 7.26. The predicted octanol–water partition coefficient (Wildman–Crippen LogP) is 1.32. The standard InChI is InChI=1S/C12H27N3O2S.ClH/c1-4-14(5-2)18(16,17)15-10-7-12(8-11-15)6-9-13-3;/h12-13H,4-11H2,1-3H3;1H. The van der Waals surface area contributed by atoms with E-state index in [0.29, 0.717) is 32.1 Å². The van der Waals surface area contributed by atoms with Crippen LogP contribution in [0.3, 0.4) is 0 Å². The first kappa shape index (κ1) is 19.1. The molecule has 0 aromatic heterocycles. The first-order valence-electron chi connectivity index (χ1n) is 6.96. The zero-order chi connectivity index (χ0) is 13.6. The van der Waals surface area contributed by atoms with Crippen molar-refractivity contribution in [3.63, 3.8) is 0 Å². The molecule has 5 nitrogen and oxygen atoms in total. The van der Waals surface area contributed by atoms with Crippen LogP contribution in [0.4, 0.5) is 0 Å². The lowest BCUT2D eigenvalue weighted by molar-refractivity contribution is 0.247. The van der Waals surface area contributed by atoms with Gasteiger partial charge in [-0.2, -0.15) is 17.0 Å². The van der Waals surface area contributed by atoms with E-state index in [4.69, 9.17) is 0 Å². The molecule has 0 atom stereocenters. The van der Waals surface area contributed by atoms with Crippen LogP contribution in [0.15, 0.2) is 0 Å². The molecule has 1 fully saturated rings. The van der Waals surface area contributed by atoms with Gasteiger partial charge < -0.3 is 5.32 Å². The molecule has 0 aromatic carbocycles. The van der Waals surface area contributed by atoms with Gasteiger partial charge >= 0.3 is 0 Å². The average molecular weight is 314 g/mol. The van der Waals surface area contributed by atoms with Crippen molar-refractivity contribution in [2.75, 3.05) is 39.8 Å². The number of halogens is 1. The minimum atomic E-state index is -3.22. The van der Waals surface area contributed by atoms with E-state index in [9.17, 15) is 8.42 Å². The molecule has 0 spiro atoms. The van der Waals surface area contributed by atoms with Crippen LogP contribution in [-0.2, 0) is 10.2 Å². The summed E-state index contributed by atoms with van der Waals surface area (Å²) in [4.78, 5) is 0. The number of hydrogen-bond donors (Lipinski definition) is 1. The Hall–Kier alpha value is 0.120. The molecule has 0 aliphatic carbocycles. The van der Waals surface area contributed by atoms with Crippen LogP contribution in [0, 0.1) is 5.92 Å². The van der Waals surface area contributed by atoms with Crippen LogP contribution in [0.2, 0.25) is 0 Å². The van der Waals surface area contributed by atoms with Gasteiger partial charge in [0.2, 0.25) is 0 Å². The summed E-state index contributed by atoms with van der Waals surface area (Å²) < 4.78 is 27.8. The Labute approximate surface area is 124 Å². The van der Waals surface area contributed by atoms with Crippen molar-refractivity contribution in [1.29, 1.82) is 0 Å². The van der Waals surface area contributed by atoms with E-state index in [-0.39, 0.29) is 12.4 Å². The van der Waals surface area contributed by atoms with E-state index < -0.39 is 10.2 Å². The lowest BCUT2D eigenvalue weighted by Gasteiger charge is -2.34. The third-order valence-corrected chi connectivity index (χ3v) is 5.92. The van der Waals surface area contributed by atoms with E-state index >= 15 is 0 Å². The van der Waals surface area contributed by atoms with E-state index in [1.165, 1.54) is 0 Å². The van der Waals surface area contributed by atoms with E-state index in [0.717, 1.165) is 25.8 Å². The van der Waals surface area contributed by atoms with Crippen LogP contribution < -0.4 is 5.32 Å². The highest BCUT2D eigenvalue weighted by atomic mass is 35.5. The minimum absolute atomic E-state index is 0. The molecule has 116 valence electrons. The van der Waals surface area contributed by atoms with Gasteiger partial charge in [0.05, 0.1) is 0 Å². The van der Waals surface area contributed by atoms with Crippen LogP contribution >= 0.6 is 12.4 Å². The molecule has 0 saturated carbocycles. The lowest BCUT2D eigenvalue weighted by atomic mass is 9.95. The van der Waals surface area contributed by atoms with Gasteiger partial charge in [-0.15, -0.1) is 12.4 Å². The van der Waals surface area contributed by atoms with Crippen LogP contribution in [0.1, 0.15) is 33.1 Å². The maximum absolute atomic E-state index is 12.3. The van der Waals surface area contributed by atoms with Crippen molar-refractivity contribution in [2.45, 2.75) is 33.1 Å². The molecule has 1 saturated heterocycles. The second kappa shape index (κ2) is 9.13. The first-order valence-corrected chi connectivity index (χ1v) is 8.35. The number of piperidine rings is 1. The molecule has 1 rings (SSSR count). The summed E-state index contributed by atoms with van der Waals surface area (Å²) >= 11 is 0. The quantitative estimate of drug-likeness (QED) is 0.771. The highest BCUT2D eigenvalue weighted by molar-refractivity contribution is 7.86. The summed E-state index contributed by atoms with van der Waals surface area (Å²) in [5, 5.41) is 3.15. The third-order valence-electron chi connectivity index (χ3n) is 3.73. The monoisotopic (exact) mass is 313 g/mol. The molecule has 0 aromatic rings. The molecule has 0 bridgehead atoms. The SMILES string of the molecule is CCN(CC)S(=O)(=O)N1CCC(CCNC)CC1.Cl. The maximum Gasteiger partial charge on any atom is 0.281 e. The number of nitrogens with zero attached hydrogens (tertiary/aromatic N) is 2. The molecule has 0 radical (unpaired) electrons.